The predicted octanol–water partition coefficient (Wildman–Crippen LogP) is 0.559. The third-order valence-corrected chi connectivity index (χ3v) is 2.84. The van der Waals surface area contributed by atoms with Gasteiger partial charge in [-0.15, -0.1) is 0 Å². The first-order valence-electron chi connectivity index (χ1n) is 5.86. The van der Waals surface area contributed by atoms with E-state index >= 15 is 0 Å². The number of hydrogen-bond acceptors (Lipinski definition) is 4. The van der Waals surface area contributed by atoms with Crippen LogP contribution in [0.5, 0.6) is 5.88 Å². The topological polar surface area (TPSA) is 77.2 Å². The van der Waals surface area contributed by atoms with Crippen LogP contribution in [0, 0.1) is 5.92 Å². The molecule has 92 valence electrons. The second kappa shape index (κ2) is 5.63. The lowest BCUT2D eigenvalue weighted by atomic mass is 10.0. The SMILES string of the molecule is NC(=O)c1cccc(OCC2CCCNC2)n1. The Hall–Kier alpha value is -1.62. The summed E-state index contributed by atoms with van der Waals surface area (Å²) in [5.74, 6) is 0.449. The molecule has 0 radical (unpaired) electrons. The number of rotatable bonds is 4. The minimum absolute atomic E-state index is 0.240. The van der Waals surface area contributed by atoms with Crippen LogP contribution in [0.1, 0.15) is 23.3 Å². The van der Waals surface area contributed by atoms with Gasteiger partial charge in [-0.25, -0.2) is 4.98 Å². The van der Waals surface area contributed by atoms with Crippen molar-refractivity contribution in [3.63, 3.8) is 0 Å². The molecule has 1 saturated heterocycles. The van der Waals surface area contributed by atoms with Gasteiger partial charge in [-0.2, -0.15) is 0 Å². The summed E-state index contributed by atoms with van der Waals surface area (Å²) in [5, 5.41) is 3.33. The fourth-order valence-corrected chi connectivity index (χ4v) is 1.90. The van der Waals surface area contributed by atoms with Crippen LogP contribution < -0.4 is 15.8 Å². The smallest absolute Gasteiger partial charge is 0.267 e. The zero-order chi connectivity index (χ0) is 12.1. The molecule has 1 atom stereocenters. The second-order valence-electron chi connectivity index (χ2n) is 4.25. The number of amides is 1. The van der Waals surface area contributed by atoms with Crippen LogP contribution in [-0.4, -0.2) is 30.6 Å². The van der Waals surface area contributed by atoms with Crippen LogP contribution in [0.2, 0.25) is 0 Å². The molecule has 5 nitrogen and oxygen atoms in total. The van der Waals surface area contributed by atoms with Gasteiger partial charge in [-0.1, -0.05) is 6.07 Å². The molecule has 1 amide bonds. The van der Waals surface area contributed by atoms with Gasteiger partial charge in [0.15, 0.2) is 0 Å². The standard InChI is InChI=1S/C12H17N3O2/c13-12(16)10-4-1-5-11(15-10)17-8-9-3-2-6-14-7-9/h1,4-5,9,14H,2-3,6-8H2,(H2,13,16). The fourth-order valence-electron chi connectivity index (χ4n) is 1.90. The van der Waals surface area contributed by atoms with Crippen LogP contribution in [0.25, 0.3) is 0 Å². The van der Waals surface area contributed by atoms with Crippen molar-refractivity contribution < 1.29 is 9.53 Å². The molecular formula is C12H17N3O2. The normalized spacial score (nSPS) is 19.9. The van der Waals surface area contributed by atoms with Crippen molar-refractivity contribution in [2.45, 2.75) is 12.8 Å². The third kappa shape index (κ3) is 3.42. The largest absolute Gasteiger partial charge is 0.477 e. The van der Waals surface area contributed by atoms with E-state index in [1.807, 2.05) is 0 Å². The number of hydrogen-bond donors (Lipinski definition) is 2. The summed E-state index contributed by atoms with van der Waals surface area (Å²) >= 11 is 0. The van der Waals surface area contributed by atoms with Crippen molar-refractivity contribution >= 4 is 5.91 Å². The Kier molecular flexibility index (Phi) is 3.93. The highest BCUT2D eigenvalue weighted by Crippen LogP contribution is 2.13. The van der Waals surface area contributed by atoms with Crippen molar-refractivity contribution in [1.82, 2.24) is 10.3 Å². The Morgan fingerprint density at radius 2 is 2.47 bits per heavy atom. The number of pyridine rings is 1. The molecule has 3 N–H and O–H groups in total. The highest BCUT2D eigenvalue weighted by atomic mass is 16.5. The van der Waals surface area contributed by atoms with E-state index in [2.05, 4.69) is 10.3 Å². The monoisotopic (exact) mass is 235 g/mol. The van der Waals surface area contributed by atoms with Crippen LogP contribution >= 0.6 is 0 Å². The van der Waals surface area contributed by atoms with Crippen molar-refractivity contribution in [2.75, 3.05) is 19.7 Å². The van der Waals surface area contributed by atoms with E-state index in [1.165, 1.54) is 12.8 Å². The van der Waals surface area contributed by atoms with Gasteiger partial charge in [0, 0.05) is 18.5 Å². The summed E-state index contributed by atoms with van der Waals surface area (Å²) in [6.07, 6.45) is 2.35. The fraction of sp³-hybridized carbons (Fsp3) is 0.500. The number of carbonyl (C=O) groups excluding carboxylic acids is 1. The van der Waals surface area contributed by atoms with Crippen LogP contribution in [0.15, 0.2) is 18.2 Å². The van der Waals surface area contributed by atoms with Crippen LogP contribution in [-0.2, 0) is 0 Å². The molecule has 0 bridgehead atoms. The van der Waals surface area contributed by atoms with Crippen molar-refractivity contribution in [3.8, 4) is 5.88 Å². The van der Waals surface area contributed by atoms with Crippen LogP contribution in [0.3, 0.4) is 0 Å². The van der Waals surface area contributed by atoms with Crippen LogP contribution in [0.4, 0.5) is 0 Å². The lowest BCUT2D eigenvalue weighted by molar-refractivity contribution is 0.0994. The number of piperidine rings is 1. The Labute approximate surface area is 100 Å². The van der Waals surface area contributed by atoms with E-state index in [4.69, 9.17) is 10.5 Å². The van der Waals surface area contributed by atoms with Crippen molar-refractivity contribution in [2.24, 2.45) is 11.7 Å². The molecular weight excluding hydrogens is 218 g/mol. The molecule has 2 rings (SSSR count). The first kappa shape index (κ1) is 11.9. The molecule has 5 heteroatoms. The van der Waals surface area contributed by atoms with E-state index in [-0.39, 0.29) is 5.69 Å². The zero-order valence-corrected chi connectivity index (χ0v) is 9.69. The molecule has 1 aromatic rings. The highest BCUT2D eigenvalue weighted by Gasteiger charge is 2.14. The summed E-state index contributed by atoms with van der Waals surface area (Å²) in [5.41, 5.74) is 5.39. The number of nitrogens with one attached hydrogen (secondary N) is 1. The summed E-state index contributed by atoms with van der Waals surface area (Å²) in [7, 11) is 0. The minimum Gasteiger partial charge on any atom is -0.477 e. The van der Waals surface area contributed by atoms with Gasteiger partial charge in [0.1, 0.15) is 5.69 Å². The number of nitrogens with zero attached hydrogens (tertiary/aromatic N) is 1. The highest BCUT2D eigenvalue weighted by molar-refractivity contribution is 5.90. The summed E-state index contributed by atoms with van der Waals surface area (Å²) in [6.45, 7) is 2.70. The molecule has 1 aromatic heterocycles. The number of carbonyl (C=O) groups is 1. The van der Waals surface area contributed by atoms with Gasteiger partial charge in [0.25, 0.3) is 5.91 Å². The van der Waals surface area contributed by atoms with E-state index in [0.717, 1.165) is 13.1 Å². The summed E-state index contributed by atoms with van der Waals surface area (Å²) < 4.78 is 5.58. The second-order valence-corrected chi connectivity index (χ2v) is 4.25. The lowest BCUT2D eigenvalue weighted by Crippen LogP contribution is -2.33. The maximum atomic E-state index is 11.0. The molecule has 0 spiro atoms. The quantitative estimate of drug-likeness (QED) is 0.799. The molecule has 0 aliphatic carbocycles. The summed E-state index contributed by atoms with van der Waals surface area (Å²) in [4.78, 5) is 15.0. The first-order chi connectivity index (χ1) is 8.25. The molecule has 1 aliphatic heterocycles. The predicted molar refractivity (Wildman–Crippen MR) is 63.8 cm³/mol. The molecule has 1 aliphatic rings. The lowest BCUT2D eigenvalue weighted by Gasteiger charge is -2.22. The number of primary amides is 1. The maximum absolute atomic E-state index is 11.0. The first-order valence-corrected chi connectivity index (χ1v) is 5.86. The Morgan fingerprint density at radius 3 is 3.18 bits per heavy atom. The van der Waals surface area contributed by atoms with Gasteiger partial charge in [-0.3, -0.25) is 4.79 Å². The van der Waals surface area contributed by atoms with Gasteiger partial charge in [-0.05, 0) is 25.5 Å². The average Bonchev–Trinajstić information content (AvgIpc) is 2.38. The molecule has 2 heterocycles. The molecule has 17 heavy (non-hydrogen) atoms. The molecule has 1 unspecified atom stereocenters. The summed E-state index contributed by atoms with van der Waals surface area (Å²) in [6, 6.07) is 5.04. The van der Waals surface area contributed by atoms with Gasteiger partial charge in [0.05, 0.1) is 6.61 Å². The van der Waals surface area contributed by atoms with Gasteiger partial charge < -0.3 is 15.8 Å². The number of aromatic nitrogens is 1. The Balaban J connectivity index is 1.89. The third-order valence-electron chi connectivity index (χ3n) is 2.84. The Bertz CT molecular complexity index is 389. The average molecular weight is 235 g/mol. The van der Waals surface area contributed by atoms with Gasteiger partial charge >= 0.3 is 0 Å². The maximum Gasteiger partial charge on any atom is 0.267 e. The van der Waals surface area contributed by atoms with E-state index in [1.54, 1.807) is 18.2 Å². The molecule has 1 fully saturated rings. The molecule has 0 aromatic carbocycles. The Morgan fingerprint density at radius 1 is 1.59 bits per heavy atom. The van der Waals surface area contributed by atoms with E-state index < -0.39 is 5.91 Å². The number of nitrogens with two attached hydrogens (primary N) is 1. The van der Waals surface area contributed by atoms with Gasteiger partial charge in [0.2, 0.25) is 5.88 Å². The number of ether oxygens (including phenoxy) is 1. The van der Waals surface area contributed by atoms with E-state index in [9.17, 15) is 4.79 Å². The zero-order valence-electron chi connectivity index (χ0n) is 9.69. The van der Waals surface area contributed by atoms with Crippen molar-refractivity contribution in [3.05, 3.63) is 23.9 Å². The molecule has 0 saturated carbocycles. The minimum atomic E-state index is -0.533. The van der Waals surface area contributed by atoms with E-state index in [0.29, 0.717) is 18.4 Å². The van der Waals surface area contributed by atoms with Crippen molar-refractivity contribution in [1.29, 1.82) is 0 Å².